The van der Waals surface area contributed by atoms with Crippen molar-refractivity contribution in [2.45, 2.75) is 34.1 Å². The van der Waals surface area contributed by atoms with Crippen LogP contribution in [-0.2, 0) is 14.3 Å². The highest BCUT2D eigenvalue weighted by Gasteiger charge is 2.55. The summed E-state index contributed by atoms with van der Waals surface area (Å²) < 4.78 is 10.2. The molecule has 1 heterocycles. The first-order chi connectivity index (χ1) is 6.89. The van der Waals surface area contributed by atoms with Gasteiger partial charge in [0.25, 0.3) is 0 Å². The first kappa shape index (κ1) is 12.5. The molecule has 0 saturated carbocycles. The molecule has 3 heteroatoms. The standard InChI is InChI=1S/C12H22O3/c1-6-9(10(13)14-5)12(7-15-8-12)11(2,3)4/h9H,6-8H2,1-5H3. The lowest BCUT2D eigenvalue weighted by Crippen LogP contribution is -2.58. The summed E-state index contributed by atoms with van der Waals surface area (Å²) in [6.07, 6.45) is 0.813. The van der Waals surface area contributed by atoms with Crippen LogP contribution in [0.15, 0.2) is 0 Å². The zero-order valence-corrected chi connectivity index (χ0v) is 10.4. The first-order valence-electron chi connectivity index (χ1n) is 5.54. The molecule has 3 nitrogen and oxygen atoms in total. The summed E-state index contributed by atoms with van der Waals surface area (Å²) in [4.78, 5) is 11.8. The Morgan fingerprint density at radius 2 is 2.00 bits per heavy atom. The number of hydrogen-bond acceptors (Lipinski definition) is 3. The van der Waals surface area contributed by atoms with Gasteiger partial charge in [0.15, 0.2) is 0 Å². The third kappa shape index (κ3) is 1.89. The molecule has 1 atom stereocenters. The Balaban J connectivity index is 2.94. The van der Waals surface area contributed by atoms with Gasteiger partial charge in [-0.2, -0.15) is 0 Å². The summed E-state index contributed by atoms with van der Waals surface area (Å²) in [6.45, 7) is 9.88. The van der Waals surface area contributed by atoms with E-state index < -0.39 is 0 Å². The molecule has 1 aliphatic rings. The molecule has 88 valence electrons. The van der Waals surface area contributed by atoms with Crippen LogP contribution in [-0.4, -0.2) is 26.3 Å². The third-order valence-electron chi connectivity index (χ3n) is 3.77. The second kappa shape index (κ2) is 4.12. The van der Waals surface area contributed by atoms with Crippen LogP contribution in [0.1, 0.15) is 34.1 Å². The van der Waals surface area contributed by atoms with Crippen LogP contribution in [0.3, 0.4) is 0 Å². The molecule has 15 heavy (non-hydrogen) atoms. The van der Waals surface area contributed by atoms with Gasteiger partial charge in [0.1, 0.15) is 0 Å². The monoisotopic (exact) mass is 214 g/mol. The van der Waals surface area contributed by atoms with Gasteiger partial charge in [0.2, 0.25) is 0 Å². The Kier molecular flexibility index (Phi) is 3.44. The van der Waals surface area contributed by atoms with Crippen molar-refractivity contribution in [1.29, 1.82) is 0 Å². The van der Waals surface area contributed by atoms with Crippen LogP contribution in [0.4, 0.5) is 0 Å². The molecule has 1 aliphatic heterocycles. The fourth-order valence-corrected chi connectivity index (χ4v) is 2.40. The Labute approximate surface area is 92.1 Å². The first-order valence-corrected chi connectivity index (χ1v) is 5.54. The van der Waals surface area contributed by atoms with E-state index in [4.69, 9.17) is 9.47 Å². The molecule has 1 unspecified atom stereocenters. The SMILES string of the molecule is CCC(C(=O)OC)C1(C(C)(C)C)COC1. The van der Waals surface area contributed by atoms with E-state index in [2.05, 4.69) is 20.8 Å². The van der Waals surface area contributed by atoms with E-state index in [0.29, 0.717) is 13.2 Å². The fourth-order valence-electron chi connectivity index (χ4n) is 2.40. The zero-order chi connectivity index (χ0) is 11.7. The largest absolute Gasteiger partial charge is 0.469 e. The van der Waals surface area contributed by atoms with E-state index in [1.165, 1.54) is 7.11 Å². The predicted molar refractivity (Wildman–Crippen MR) is 58.5 cm³/mol. The van der Waals surface area contributed by atoms with Crippen molar-refractivity contribution in [3.63, 3.8) is 0 Å². The number of esters is 1. The molecule has 0 amide bonds. The summed E-state index contributed by atoms with van der Waals surface area (Å²) in [5.74, 6) is -0.146. The third-order valence-corrected chi connectivity index (χ3v) is 3.77. The molecule has 0 spiro atoms. The molecule has 0 radical (unpaired) electrons. The van der Waals surface area contributed by atoms with Crippen LogP contribution in [0.5, 0.6) is 0 Å². The second-order valence-corrected chi connectivity index (χ2v) is 5.38. The Bertz CT molecular complexity index is 236. The Morgan fingerprint density at radius 3 is 2.20 bits per heavy atom. The van der Waals surface area contributed by atoms with Crippen LogP contribution < -0.4 is 0 Å². The van der Waals surface area contributed by atoms with E-state index in [-0.39, 0.29) is 22.7 Å². The fraction of sp³-hybridized carbons (Fsp3) is 0.917. The minimum absolute atomic E-state index is 0.0451. The highest BCUT2D eigenvalue weighted by atomic mass is 16.5. The van der Waals surface area contributed by atoms with Crippen LogP contribution in [0.2, 0.25) is 0 Å². The highest BCUT2D eigenvalue weighted by Crippen LogP contribution is 2.51. The lowest BCUT2D eigenvalue weighted by atomic mass is 9.57. The van der Waals surface area contributed by atoms with Gasteiger partial charge in [0.05, 0.1) is 26.2 Å². The topological polar surface area (TPSA) is 35.5 Å². The highest BCUT2D eigenvalue weighted by molar-refractivity contribution is 5.73. The van der Waals surface area contributed by atoms with Crippen molar-refractivity contribution < 1.29 is 14.3 Å². The van der Waals surface area contributed by atoms with Crippen molar-refractivity contribution in [2.24, 2.45) is 16.7 Å². The van der Waals surface area contributed by atoms with Crippen molar-refractivity contribution >= 4 is 5.97 Å². The maximum atomic E-state index is 11.8. The minimum atomic E-state index is -0.101. The molecule has 0 bridgehead atoms. The number of methoxy groups -OCH3 is 1. The molecule has 1 saturated heterocycles. The van der Waals surface area contributed by atoms with Gasteiger partial charge >= 0.3 is 5.97 Å². The number of ether oxygens (including phenoxy) is 2. The van der Waals surface area contributed by atoms with Gasteiger partial charge < -0.3 is 9.47 Å². The molecular formula is C12H22O3. The lowest BCUT2D eigenvalue weighted by molar-refractivity contribution is -0.213. The normalized spacial score (nSPS) is 21.7. The lowest BCUT2D eigenvalue weighted by Gasteiger charge is -2.54. The van der Waals surface area contributed by atoms with Gasteiger partial charge in [-0.05, 0) is 11.8 Å². The van der Waals surface area contributed by atoms with Crippen LogP contribution >= 0.6 is 0 Å². The van der Waals surface area contributed by atoms with E-state index in [1.807, 2.05) is 6.92 Å². The summed E-state index contributed by atoms with van der Waals surface area (Å²) in [7, 11) is 1.46. The number of rotatable bonds is 3. The van der Waals surface area contributed by atoms with Crippen molar-refractivity contribution in [1.82, 2.24) is 0 Å². The van der Waals surface area contributed by atoms with Gasteiger partial charge in [-0.15, -0.1) is 0 Å². The Hall–Kier alpha value is -0.570. The molecular weight excluding hydrogens is 192 g/mol. The van der Waals surface area contributed by atoms with Gasteiger partial charge in [-0.25, -0.2) is 0 Å². The molecule has 0 aliphatic carbocycles. The average molecular weight is 214 g/mol. The molecule has 1 rings (SSSR count). The van der Waals surface area contributed by atoms with E-state index in [9.17, 15) is 4.79 Å². The van der Waals surface area contributed by atoms with Crippen molar-refractivity contribution in [2.75, 3.05) is 20.3 Å². The van der Waals surface area contributed by atoms with Gasteiger partial charge in [0, 0.05) is 5.41 Å². The maximum Gasteiger partial charge on any atom is 0.309 e. The van der Waals surface area contributed by atoms with Crippen molar-refractivity contribution in [3.8, 4) is 0 Å². The molecule has 0 aromatic carbocycles. The number of carbonyl (C=O) groups excluding carboxylic acids is 1. The average Bonchev–Trinajstić information content (AvgIpc) is 2.07. The molecule has 0 aromatic heterocycles. The summed E-state index contributed by atoms with van der Waals surface area (Å²) in [5, 5.41) is 0. The summed E-state index contributed by atoms with van der Waals surface area (Å²) in [5.41, 5.74) is 0.0228. The van der Waals surface area contributed by atoms with E-state index in [1.54, 1.807) is 0 Å². The Morgan fingerprint density at radius 1 is 1.47 bits per heavy atom. The zero-order valence-electron chi connectivity index (χ0n) is 10.4. The smallest absolute Gasteiger partial charge is 0.309 e. The second-order valence-electron chi connectivity index (χ2n) is 5.38. The van der Waals surface area contributed by atoms with Crippen molar-refractivity contribution in [3.05, 3.63) is 0 Å². The number of carbonyl (C=O) groups is 1. The predicted octanol–water partition coefficient (Wildman–Crippen LogP) is 2.25. The van der Waals surface area contributed by atoms with E-state index >= 15 is 0 Å². The van der Waals surface area contributed by atoms with Gasteiger partial charge in [-0.1, -0.05) is 27.7 Å². The van der Waals surface area contributed by atoms with Crippen LogP contribution in [0.25, 0.3) is 0 Å². The maximum absolute atomic E-state index is 11.8. The number of hydrogen-bond donors (Lipinski definition) is 0. The van der Waals surface area contributed by atoms with E-state index in [0.717, 1.165) is 6.42 Å². The minimum Gasteiger partial charge on any atom is -0.469 e. The summed E-state index contributed by atoms with van der Waals surface area (Å²) in [6, 6.07) is 0. The molecule has 0 aromatic rings. The van der Waals surface area contributed by atoms with Crippen LogP contribution in [0, 0.1) is 16.7 Å². The molecule has 0 N–H and O–H groups in total. The van der Waals surface area contributed by atoms with Gasteiger partial charge in [-0.3, -0.25) is 4.79 Å². The molecule has 1 fully saturated rings. The summed E-state index contributed by atoms with van der Waals surface area (Å²) >= 11 is 0. The quantitative estimate of drug-likeness (QED) is 0.676.